The summed E-state index contributed by atoms with van der Waals surface area (Å²) in [4.78, 5) is 22.1. The van der Waals surface area contributed by atoms with Crippen LogP contribution in [0.3, 0.4) is 0 Å². The molecule has 0 aromatic rings. The Morgan fingerprint density at radius 1 is 0.750 bits per heavy atom. The number of hydrogen-bond donors (Lipinski definition) is 0. The second-order valence-corrected chi connectivity index (χ2v) is 5.16. The highest BCUT2D eigenvalue weighted by molar-refractivity contribution is 5.73. The molecule has 0 radical (unpaired) electrons. The van der Waals surface area contributed by atoms with E-state index < -0.39 is 23.4 Å². The fourth-order valence-corrected chi connectivity index (χ4v) is 0.646. The molecule has 16 heavy (non-hydrogen) atoms. The van der Waals surface area contributed by atoms with Crippen LogP contribution in [0.15, 0.2) is 10.2 Å². The first kappa shape index (κ1) is 14.5. The van der Waals surface area contributed by atoms with Crippen LogP contribution in [-0.2, 0) is 9.47 Å². The van der Waals surface area contributed by atoms with Crippen LogP contribution in [0.1, 0.15) is 41.5 Å². The van der Waals surface area contributed by atoms with Crippen molar-refractivity contribution in [3.8, 4) is 0 Å². The molecule has 6 heteroatoms. The van der Waals surface area contributed by atoms with Crippen molar-refractivity contribution >= 4 is 12.2 Å². The third-order valence-corrected chi connectivity index (χ3v) is 1.00. The van der Waals surface area contributed by atoms with Crippen molar-refractivity contribution in [3.63, 3.8) is 0 Å². The van der Waals surface area contributed by atoms with Gasteiger partial charge in [-0.05, 0) is 41.5 Å². The maximum Gasteiger partial charge on any atom is 0.453 e. The first-order valence-corrected chi connectivity index (χ1v) is 4.87. The Kier molecular flexibility index (Phi) is 4.59. The number of ether oxygens (including phenoxy) is 2. The van der Waals surface area contributed by atoms with Crippen molar-refractivity contribution in [3.05, 3.63) is 0 Å². The predicted octanol–water partition coefficient (Wildman–Crippen LogP) is 3.31. The van der Waals surface area contributed by atoms with Crippen LogP contribution in [0.25, 0.3) is 0 Å². The van der Waals surface area contributed by atoms with Crippen LogP contribution >= 0.6 is 0 Å². The van der Waals surface area contributed by atoms with Crippen molar-refractivity contribution in [2.45, 2.75) is 52.7 Å². The van der Waals surface area contributed by atoms with Gasteiger partial charge in [-0.15, -0.1) is 0 Å². The summed E-state index contributed by atoms with van der Waals surface area (Å²) in [5.74, 6) is 0. The quantitative estimate of drug-likeness (QED) is 0.474. The van der Waals surface area contributed by atoms with Gasteiger partial charge in [-0.2, -0.15) is 0 Å². The number of rotatable bonds is 0. The maximum absolute atomic E-state index is 11.0. The Morgan fingerprint density at radius 3 is 1.19 bits per heavy atom. The van der Waals surface area contributed by atoms with E-state index in [1.165, 1.54) is 0 Å². The van der Waals surface area contributed by atoms with Crippen molar-refractivity contribution in [1.29, 1.82) is 0 Å². The highest BCUT2D eigenvalue weighted by Gasteiger charge is 2.18. The summed E-state index contributed by atoms with van der Waals surface area (Å²) in [6.45, 7) is 10.1. The number of amides is 2. The summed E-state index contributed by atoms with van der Waals surface area (Å²) in [6.07, 6.45) is -1.84. The molecule has 0 rings (SSSR count). The van der Waals surface area contributed by atoms with Gasteiger partial charge in [0.25, 0.3) is 0 Å². The van der Waals surface area contributed by atoms with E-state index in [-0.39, 0.29) is 0 Å². The molecular formula is C10H18N2O4. The Bertz CT molecular complexity index is 267. The van der Waals surface area contributed by atoms with Crippen molar-refractivity contribution in [2.24, 2.45) is 10.2 Å². The Hall–Kier alpha value is -1.46. The van der Waals surface area contributed by atoms with Gasteiger partial charge in [0.2, 0.25) is 0 Å². The number of carbonyl (C=O) groups is 2. The van der Waals surface area contributed by atoms with Crippen LogP contribution in [0.4, 0.5) is 9.59 Å². The lowest BCUT2D eigenvalue weighted by Gasteiger charge is -2.17. The van der Waals surface area contributed by atoms with E-state index >= 15 is 0 Å². The summed E-state index contributed by atoms with van der Waals surface area (Å²) < 4.78 is 9.62. The molecule has 0 heterocycles. The molecule has 92 valence electrons. The topological polar surface area (TPSA) is 77.3 Å². The zero-order valence-electron chi connectivity index (χ0n) is 10.5. The van der Waals surface area contributed by atoms with E-state index in [0.717, 1.165) is 0 Å². The molecule has 0 aliphatic carbocycles. The lowest BCUT2D eigenvalue weighted by molar-refractivity contribution is 0.0516. The van der Waals surface area contributed by atoms with E-state index in [0.29, 0.717) is 0 Å². The summed E-state index contributed by atoms with van der Waals surface area (Å²) in [5, 5.41) is 6.17. The van der Waals surface area contributed by atoms with Gasteiger partial charge in [0, 0.05) is 0 Å². The largest absolute Gasteiger partial charge is 0.453 e. The molecule has 6 nitrogen and oxygen atoms in total. The van der Waals surface area contributed by atoms with Gasteiger partial charge in [-0.1, -0.05) is 10.2 Å². The Balaban J connectivity index is 4.20. The van der Waals surface area contributed by atoms with Crippen LogP contribution in [0, 0.1) is 0 Å². The third-order valence-electron chi connectivity index (χ3n) is 1.00. The molecule has 0 bridgehead atoms. The first-order valence-electron chi connectivity index (χ1n) is 4.87. The minimum atomic E-state index is -0.918. The molecule has 2 amide bonds. The van der Waals surface area contributed by atoms with E-state index in [1.807, 2.05) is 0 Å². The van der Waals surface area contributed by atoms with Gasteiger partial charge in [-0.25, -0.2) is 9.59 Å². The standard InChI is InChI=1S/C10H18N2O4/c1-9(2,3)15-7(13)11-12-8(14)16-10(4,5)6/h1-6H3/b12-11+/i11+1,12+1. The SMILES string of the molecule is CC(C)(C)OC(=O)/[15N]=[15N]/C(=O)OC(C)(C)C. The zero-order valence-corrected chi connectivity index (χ0v) is 10.5. The minimum Gasteiger partial charge on any atom is -0.441 e. The van der Waals surface area contributed by atoms with Gasteiger partial charge in [0.05, 0.1) is 0 Å². The highest BCUT2D eigenvalue weighted by Crippen LogP contribution is 2.10. The van der Waals surface area contributed by atoms with E-state index in [4.69, 9.17) is 9.47 Å². The molecule has 0 N–H and O–H groups in total. The summed E-state index contributed by atoms with van der Waals surface area (Å²) in [5.41, 5.74) is -1.33. The first-order chi connectivity index (χ1) is 6.99. The summed E-state index contributed by atoms with van der Waals surface area (Å²) in [7, 11) is 0. The minimum absolute atomic E-state index is 0.663. The van der Waals surface area contributed by atoms with E-state index in [1.54, 1.807) is 41.5 Å². The molecule has 0 saturated carbocycles. The molecule has 0 spiro atoms. The lowest BCUT2D eigenvalue weighted by Crippen LogP contribution is -2.23. The van der Waals surface area contributed by atoms with Crippen LogP contribution < -0.4 is 0 Å². The fraction of sp³-hybridized carbons (Fsp3) is 0.800. The second-order valence-electron chi connectivity index (χ2n) is 5.16. The average molecular weight is 232 g/mol. The van der Waals surface area contributed by atoms with Gasteiger partial charge in [-0.3, -0.25) is 0 Å². The molecule has 0 aromatic heterocycles. The van der Waals surface area contributed by atoms with Crippen molar-refractivity contribution < 1.29 is 19.1 Å². The fourth-order valence-electron chi connectivity index (χ4n) is 0.646. The third kappa shape index (κ3) is 9.11. The second kappa shape index (κ2) is 5.05. The average Bonchev–Trinajstić information content (AvgIpc) is 1.94. The predicted molar refractivity (Wildman–Crippen MR) is 57.3 cm³/mol. The van der Waals surface area contributed by atoms with Crippen molar-refractivity contribution in [1.82, 2.24) is 0 Å². The molecule has 0 aliphatic heterocycles. The molecule has 0 aromatic carbocycles. The molecule has 0 aliphatic rings. The molecule has 0 fully saturated rings. The Morgan fingerprint density at radius 2 is 1.00 bits per heavy atom. The number of nitrogens with zero attached hydrogens (tertiary/aromatic N) is 2. The zero-order chi connectivity index (χ0) is 13.0. The van der Waals surface area contributed by atoms with E-state index in [2.05, 4.69) is 10.2 Å². The smallest absolute Gasteiger partial charge is 0.441 e. The lowest BCUT2D eigenvalue weighted by atomic mass is 10.2. The molecule has 0 saturated heterocycles. The van der Waals surface area contributed by atoms with Crippen LogP contribution in [0.2, 0.25) is 0 Å². The molecule has 0 atom stereocenters. The van der Waals surface area contributed by atoms with Crippen LogP contribution in [0.5, 0.6) is 0 Å². The van der Waals surface area contributed by atoms with E-state index in [9.17, 15) is 9.59 Å². The maximum atomic E-state index is 11.0. The van der Waals surface area contributed by atoms with Gasteiger partial charge in [0.1, 0.15) is 11.2 Å². The molecular weight excluding hydrogens is 214 g/mol. The Labute approximate surface area is 95.0 Å². The normalized spacial score (nSPS) is 12.6. The highest BCUT2D eigenvalue weighted by atomic mass is 16.6. The summed E-state index contributed by atoms with van der Waals surface area (Å²) in [6, 6.07) is 0. The summed E-state index contributed by atoms with van der Waals surface area (Å²) >= 11 is 0. The number of azo groups is 1. The number of carbonyl (C=O) groups excluding carboxylic acids is 2. The van der Waals surface area contributed by atoms with Gasteiger partial charge in [0.15, 0.2) is 0 Å². The van der Waals surface area contributed by atoms with Gasteiger partial charge < -0.3 is 9.47 Å². The van der Waals surface area contributed by atoms with Crippen molar-refractivity contribution in [2.75, 3.05) is 0 Å². The number of hydrogen-bond acceptors (Lipinski definition) is 4. The monoisotopic (exact) mass is 232 g/mol. The van der Waals surface area contributed by atoms with Gasteiger partial charge >= 0.3 is 12.2 Å². The molecule has 0 unspecified atom stereocenters. The van der Waals surface area contributed by atoms with Crippen LogP contribution in [-0.4, -0.2) is 23.4 Å².